The van der Waals surface area contributed by atoms with Crippen LogP contribution < -0.4 is 0 Å². The van der Waals surface area contributed by atoms with Crippen molar-refractivity contribution in [2.45, 2.75) is 37.0 Å². The molecule has 0 heterocycles. The summed E-state index contributed by atoms with van der Waals surface area (Å²) in [6, 6.07) is 6.18. The maximum Gasteiger partial charge on any atom is 0.264 e. The summed E-state index contributed by atoms with van der Waals surface area (Å²) in [6.07, 6.45) is 1.66. The van der Waals surface area contributed by atoms with Gasteiger partial charge in [-0.1, -0.05) is 26.0 Å². The van der Waals surface area contributed by atoms with E-state index in [1.807, 2.05) is 13.8 Å². The minimum Gasteiger partial charge on any atom is -0.351 e. The van der Waals surface area contributed by atoms with Gasteiger partial charge in [0.05, 0.1) is 15.1 Å². The summed E-state index contributed by atoms with van der Waals surface area (Å²) < 4.78 is 38.2. The normalized spacial score (nSPS) is 12.1. The topological polar surface area (TPSA) is 101 Å². The zero-order chi connectivity index (χ0) is 16.6. The third-order valence-corrected chi connectivity index (χ3v) is 5.26. The number of hydrogen-bond donors (Lipinski definition) is 0. The molecule has 0 unspecified atom stereocenters. The largest absolute Gasteiger partial charge is 0.351 e. The highest BCUT2D eigenvalue weighted by Crippen LogP contribution is 2.27. The molecule has 0 spiro atoms. The van der Waals surface area contributed by atoms with E-state index in [9.17, 15) is 8.42 Å². The van der Waals surface area contributed by atoms with E-state index in [-0.39, 0.29) is 4.90 Å². The standard InChI is InChI=1S/C13H21N3O4SSi/c1-3-8-19-13(22,20-9-4-2)11-6-5-7-12(10-11)21(17,18)16-15-14/h5-7,10H,3-4,8-9H2,1-2,22H3. The van der Waals surface area contributed by atoms with Crippen molar-refractivity contribution in [3.8, 4) is 0 Å². The van der Waals surface area contributed by atoms with Gasteiger partial charge in [0.15, 0.2) is 5.41 Å². The lowest BCUT2D eigenvalue weighted by Crippen LogP contribution is -2.34. The predicted octanol–water partition coefficient (Wildman–Crippen LogP) is 2.01. The maximum absolute atomic E-state index is 11.8. The molecule has 9 heteroatoms. The van der Waals surface area contributed by atoms with E-state index < -0.39 is 15.4 Å². The Hall–Kier alpha value is -1.38. The minimum absolute atomic E-state index is 0.0665. The third-order valence-electron chi connectivity index (χ3n) is 2.96. The van der Waals surface area contributed by atoms with Crippen molar-refractivity contribution in [1.29, 1.82) is 0 Å². The summed E-state index contributed by atoms with van der Waals surface area (Å²) in [5.74, 6) is 0. The first-order chi connectivity index (χ1) is 10.4. The fourth-order valence-electron chi connectivity index (χ4n) is 1.84. The molecule has 0 saturated carbocycles. The molecule has 0 radical (unpaired) electrons. The van der Waals surface area contributed by atoms with Crippen LogP contribution >= 0.6 is 0 Å². The van der Waals surface area contributed by atoms with Crippen LogP contribution in [0.1, 0.15) is 32.3 Å². The molecular formula is C13H21N3O4SSi. The lowest BCUT2D eigenvalue weighted by molar-refractivity contribution is -0.186. The lowest BCUT2D eigenvalue weighted by Gasteiger charge is -2.31. The Morgan fingerprint density at radius 3 is 2.36 bits per heavy atom. The van der Waals surface area contributed by atoms with E-state index in [4.69, 9.17) is 15.0 Å². The van der Waals surface area contributed by atoms with Crippen molar-refractivity contribution >= 4 is 20.3 Å². The van der Waals surface area contributed by atoms with E-state index in [1.165, 1.54) is 12.1 Å². The van der Waals surface area contributed by atoms with Gasteiger partial charge in [-0.3, -0.25) is 0 Å². The van der Waals surface area contributed by atoms with E-state index in [1.54, 1.807) is 12.1 Å². The Labute approximate surface area is 133 Å². The van der Waals surface area contributed by atoms with Gasteiger partial charge in [0.1, 0.15) is 0 Å². The number of hydrogen-bond acceptors (Lipinski definition) is 4. The second kappa shape index (κ2) is 8.30. The van der Waals surface area contributed by atoms with Gasteiger partial charge in [-0.05, 0) is 30.5 Å². The highest BCUT2D eigenvalue weighted by atomic mass is 32.2. The molecule has 0 atom stereocenters. The molecule has 0 fully saturated rings. The minimum atomic E-state index is -4.02. The van der Waals surface area contributed by atoms with Crippen LogP contribution in [-0.4, -0.2) is 31.9 Å². The SMILES string of the molecule is CCCOC([SiH3])(OCCC)c1cccc(S(=O)(=O)N=[N+]=[N-])c1. The predicted molar refractivity (Wildman–Crippen MR) is 86.9 cm³/mol. The Balaban J connectivity index is 3.23. The number of benzene rings is 1. The molecular weight excluding hydrogens is 322 g/mol. The number of azide groups is 1. The molecule has 0 aliphatic carbocycles. The van der Waals surface area contributed by atoms with Crippen LogP contribution in [0.15, 0.2) is 33.7 Å². The summed E-state index contributed by atoms with van der Waals surface area (Å²) in [6.45, 7) is 5.01. The molecule has 0 bridgehead atoms. The second-order valence-corrected chi connectivity index (χ2v) is 7.72. The molecule has 0 saturated heterocycles. The second-order valence-electron chi connectivity index (χ2n) is 4.82. The summed E-state index contributed by atoms with van der Waals surface area (Å²) in [5, 5.41) is 0. The Kier molecular flexibility index (Phi) is 7.04. The molecule has 0 amide bonds. The Bertz CT molecular complexity index is 636. The average Bonchev–Trinajstić information content (AvgIpc) is 2.51. The average molecular weight is 343 g/mol. The van der Waals surface area contributed by atoms with Gasteiger partial charge in [0, 0.05) is 28.2 Å². The van der Waals surface area contributed by atoms with E-state index in [2.05, 4.69) is 9.43 Å². The zero-order valence-electron chi connectivity index (χ0n) is 13.0. The van der Waals surface area contributed by atoms with Crippen molar-refractivity contribution in [3.05, 3.63) is 40.3 Å². The van der Waals surface area contributed by atoms with Crippen molar-refractivity contribution in [1.82, 2.24) is 0 Å². The molecule has 1 rings (SSSR count). The monoisotopic (exact) mass is 343 g/mol. The smallest absolute Gasteiger partial charge is 0.264 e. The summed E-state index contributed by atoms with van der Waals surface area (Å²) >= 11 is 0. The van der Waals surface area contributed by atoms with E-state index in [0.29, 0.717) is 29.0 Å². The van der Waals surface area contributed by atoms with Crippen LogP contribution in [-0.2, 0) is 24.9 Å². The molecule has 1 aromatic carbocycles. The molecule has 1 aromatic rings. The molecule has 0 aliphatic heterocycles. The zero-order valence-corrected chi connectivity index (χ0v) is 15.8. The molecule has 0 aromatic heterocycles. The molecule has 22 heavy (non-hydrogen) atoms. The van der Waals surface area contributed by atoms with Crippen molar-refractivity contribution < 1.29 is 17.9 Å². The third kappa shape index (κ3) is 4.82. The van der Waals surface area contributed by atoms with Crippen LogP contribution in [0.4, 0.5) is 0 Å². The van der Waals surface area contributed by atoms with Crippen LogP contribution in [0.2, 0.25) is 0 Å². The van der Waals surface area contributed by atoms with Gasteiger partial charge in [0.2, 0.25) is 0 Å². The van der Waals surface area contributed by atoms with Gasteiger partial charge < -0.3 is 9.47 Å². The quantitative estimate of drug-likeness (QED) is 0.225. The summed E-state index contributed by atoms with van der Waals surface area (Å²) in [7, 11) is -3.49. The Morgan fingerprint density at radius 1 is 1.27 bits per heavy atom. The van der Waals surface area contributed by atoms with E-state index >= 15 is 0 Å². The molecule has 0 N–H and O–H groups in total. The summed E-state index contributed by atoms with van der Waals surface area (Å²) in [4.78, 5) is 2.29. The highest BCUT2D eigenvalue weighted by molar-refractivity contribution is 7.90. The van der Waals surface area contributed by atoms with Crippen LogP contribution in [0.3, 0.4) is 0 Å². The van der Waals surface area contributed by atoms with Crippen LogP contribution in [0.5, 0.6) is 0 Å². The van der Waals surface area contributed by atoms with Crippen molar-refractivity contribution in [2.24, 2.45) is 4.52 Å². The molecule has 7 nitrogen and oxygen atoms in total. The number of nitrogens with zero attached hydrogens (tertiary/aromatic N) is 3. The fraction of sp³-hybridized carbons (Fsp3) is 0.538. The molecule has 122 valence electrons. The van der Waals surface area contributed by atoms with Gasteiger partial charge in [0.25, 0.3) is 10.0 Å². The van der Waals surface area contributed by atoms with Crippen LogP contribution in [0, 0.1) is 0 Å². The number of ether oxygens (including phenoxy) is 2. The maximum atomic E-state index is 11.8. The van der Waals surface area contributed by atoms with Crippen molar-refractivity contribution in [2.75, 3.05) is 13.2 Å². The lowest BCUT2D eigenvalue weighted by atomic mass is 10.2. The number of sulfonamides is 1. The van der Waals surface area contributed by atoms with Gasteiger partial charge in [-0.25, -0.2) is 8.42 Å². The van der Waals surface area contributed by atoms with Crippen LogP contribution in [0.25, 0.3) is 10.4 Å². The van der Waals surface area contributed by atoms with Gasteiger partial charge in [-0.2, -0.15) is 0 Å². The fourth-order valence-corrected chi connectivity index (χ4v) is 3.27. The van der Waals surface area contributed by atoms with Crippen molar-refractivity contribution in [3.63, 3.8) is 0 Å². The van der Waals surface area contributed by atoms with Gasteiger partial charge in [-0.15, -0.1) is 0 Å². The first-order valence-corrected chi connectivity index (χ1v) is 9.53. The van der Waals surface area contributed by atoms with E-state index in [0.717, 1.165) is 12.8 Å². The summed E-state index contributed by atoms with van der Waals surface area (Å²) in [5.41, 5.74) is 8.07. The highest BCUT2D eigenvalue weighted by Gasteiger charge is 2.29. The number of rotatable bonds is 9. The first-order valence-electron chi connectivity index (χ1n) is 7.09. The Morgan fingerprint density at radius 2 is 1.86 bits per heavy atom. The van der Waals surface area contributed by atoms with Gasteiger partial charge >= 0.3 is 0 Å². The molecule has 0 aliphatic rings. The first kappa shape index (κ1) is 18.7.